The number of rotatable bonds is 6. The van der Waals surface area contributed by atoms with Crippen molar-refractivity contribution >= 4 is 10.0 Å². The molecule has 0 fully saturated rings. The van der Waals surface area contributed by atoms with Gasteiger partial charge in [-0.15, -0.1) is 0 Å². The molecule has 0 unspecified atom stereocenters. The summed E-state index contributed by atoms with van der Waals surface area (Å²) in [6, 6.07) is 8.67. The van der Waals surface area contributed by atoms with Crippen LogP contribution in [0.4, 0.5) is 0 Å². The summed E-state index contributed by atoms with van der Waals surface area (Å²) in [6.45, 7) is 0.798. The molecule has 0 aliphatic rings. The number of hydrogen-bond donors (Lipinski definition) is 1. The molecule has 6 nitrogen and oxygen atoms in total. The number of sulfonamides is 1. The highest BCUT2D eigenvalue weighted by Gasteiger charge is 2.13. The van der Waals surface area contributed by atoms with Crippen LogP contribution in [0.1, 0.15) is 11.1 Å². The number of imidazole rings is 1. The summed E-state index contributed by atoms with van der Waals surface area (Å²) in [7, 11) is -3.46. The highest BCUT2D eigenvalue weighted by atomic mass is 32.2. The van der Waals surface area contributed by atoms with Gasteiger partial charge in [0.15, 0.2) is 0 Å². The quantitative estimate of drug-likeness (QED) is 0.855. The first-order valence-electron chi connectivity index (χ1n) is 6.02. The van der Waals surface area contributed by atoms with E-state index in [2.05, 4.69) is 9.71 Å². The summed E-state index contributed by atoms with van der Waals surface area (Å²) >= 11 is 0. The molecular weight excluding hydrogens is 276 g/mol. The lowest BCUT2D eigenvalue weighted by Gasteiger charge is -2.08. The fraction of sp³-hybridized carbons (Fsp3) is 0.231. The van der Waals surface area contributed by atoms with Crippen molar-refractivity contribution in [2.75, 3.05) is 6.54 Å². The van der Waals surface area contributed by atoms with Gasteiger partial charge >= 0.3 is 0 Å². The van der Waals surface area contributed by atoms with Gasteiger partial charge in [-0.1, -0.05) is 18.2 Å². The first-order chi connectivity index (χ1) is 9.61. The predicted octanol–water partition coefficient (Wildman–Crippen LogP) is 0.874. The Bertz CT molecular complexity index is 702. The van der Waals surface area contributed by atoms with Crippen molar-refractivity contribution in [3.05, 3.63) is 54.1 Å². The van der Waals surface area contributed by atoms with Crippen LogP contribution in [0.5, 0.6) is 0 Å². The van der Waals surface area contributed by atoms with Gasteiger partial charge in [0, 0.05) is 25.5 Å². The topological polar surface area (TPSA) is 87.8 Å². The molecule has 0 aliphatic heterocycles. The average molecular weight is 290 g/mol. The van der Waals surface area contributed by atoms with Crippen molar-refractivity contribution in [2.45, 2.75) is 12.3 Å². The molecular formula is C13H14N4O2S. The molecule has 0 aliphatic carbocycles. The van der Waals surface area contributed by atoms with Crippen LogP contribution in [0.3, 0.4) is 0 Å². The van der Waals surface area contributed by atoms with Crippen molar-refractivity contribution in [1.29, 1.82) is 5.26 Å². The SMILES string of the molecule is N#Cc1ccccc1CS(=O)(=O)NCCn1ccnc1. The minimum atomic E-state index is -3.46. The second-order valence-corrected chi connectivity index (χ2v) is 6.03. The zero-order chi connectivity index (χ0) is 14.4. The van der Waals surface area contributed by atoms with Crippen LogP contribution < -0.4 is 4.72 Å². The maximum atomic E-state index is 12.0. The first kappa shape index (κ1) is 14.2. The van der Waals surface area contributed by atoms with Crippen LogP contribution in [0, 0.1) is 11.3 Å². The van der Waals surface area contributed by atoms with E-state index in [0.29, 0.717) is 17.7 Å². The highest BCUT2D eigenvalue weighted by molar-refractivity contribution is 7.88. The maximum absolute atomic E-state index is 12.0. The lowest BCUT2D eigenvalue weighted by atomic mass is 10.1. The number of nitrogens with one attached hydrogen (secondary N) is 1. The third-order valence-corrected chi connectivity index (χ3v) is 4.07. The Labute approximate surface area is 117 Å². The molecule has 104 valence electrons. The Kier molecular flexibility index (Phi) is 4.50. The number of benzene rings is 1. The molecule has 7 heteroatoms. The highest BCUT2D eigenvalue weighted by Crippen LogP contribution is 2.10. The molecule has 0 saturated heterocycles. The number of aromatic nitrogens is 2. The Morgan fingerprint density at radius 3 is 2.85 bits per heavy atom. The molecule has 1 aromatic heterocycles. The van der Waals surface area contributed by atoms with Gasteiger partial charge in [0.25, 0.3) is 0 Å². The number of nitrogens with zero attached hydrogens (tertiary/aromatic N) is 3. The first-order valence-corrected chi connectivity index (χ1v) is 7.67. The molecule has 2 aromatic rings. The lowest BCUT2D eigenvalue weighted by Crippen LogP contribution is -2.28. The Morgan fingerprint density at radius 2 is 2.15 bits per heavy atom. The summed E-state index contributed by atoms with van der Waals surface area (Å²) in [5.41, 5.74) is 0.887. The predicted molar refractivity (Wildman–Crippen MR) is 74.0 cm³/mol. The molecule has 1 heterocycles. The van der Waals surface area contributed by atoms with E-state index >= 15 is 0 Å². The second kappa shape index (κ2) is 6.32. The summed E-state index contributed by atoms with van der Waals surface area (Å²) in [6.07, 6.45) is 5.02. The largest absolute Gasteiger partial charge is 0.336 e. The van der Waals surface area contributed by atoms with Crippen LogP contribution in [-0.4, -0.2) is 24.5 Å². The Balaban J connectivity index is 1.95. The minimum absolute atomic E-state index is 0.194. The van der Waals surface area contributed by atoms with Crippen LogP contribution in [-0.2, 0) is 22.3 Å². The van der Waals surface area contributed by atoms with E-state index in [4.69, 9.17) is 5.26 Å². The fourth-order valence-electron chi connectivity index (χ4n) is 1.76. The second-order valence-electron chi connectivity index (χ2n) is 4.22. The number of nitriles is 1. The van der Waals surface area contributed by atoms with Crippen molar-refractivity contribution in [3.8, 4) is 6.07 Å². The van der Waals surface area contributed by atoms with Crippen LogP contribution >= 0.6 is 0 Å². The smallest absolute Gasteiger partial charge is 0.215 e. The minimum Gasteiger partial charge on any atom is -0.336 e. The van der Waals surface area contributed by atoms with E-state index in [1.807, 2.05) is 6.07 Å². The average Bonchev–Trinajstić information content (AvgIpc) is 2.92. The Morgan fingerprint density at radius 1 is 1.35 bits per heavy atom. The van der Waals surface area contributed by atoms with Gasteiger partial charge in [-0.05, 0) is 11.6 Å². The summed E-state index contributed by atoms with van der Waals surface area (Å²) in [4.78, 5) is 3.88. The van der Waals surface area contributed by atoms with Gasteiger partial charge in [0.1, 0.15) is 0 Å². The molecule has 1 aromatic carbocycles. The third-order valence-electron chi connectivity index (χ3n) is 2.73. The van der Waals surface area contributed by atoms with Crippen LogP contribution in [0.2, 0.25) is 0 Å². The van der Waals surface area contributed by atoms with Gasteiger partial charge in [-0.25, -0.2) is 18.1 Å². The number of hydrogen-bond acceptors (Lipinski definition) is 4. The zero-order valence-corrected chi connectivity index (χ0v) is 11.5. The van der Waals surface area contributed by atoms with Gasteiger partial charge in [0.2, 0.25) is 10.0 Å². The maximum Gasteiger partial charge on any atom is 0.215 e. The lowest BCUT2D eigenvalue weighted by molar-refractivity contribution is 0.572. The van der Waals surface area contributed by atoms with E-state index in [9.17, 15) is 8.42 Å². The fourth-order valence-corrected chi connectivity index (χ4v) is 2.93. The van der Waals surface area contributed by atoms with E-state index in [1.54, 1.807) is 47.6 Å². The monoisotopic (exact) mass is 290 g/mol. The van der Waals surface area contributed by atoms with E-state index in [1.165, 1.54) is 0 Å². The summed E-state index contributed by atoms with van der Waals surface area (Å²) in [5.74, 6) is -0.194. The van der Waals surface area contributed by atoms with E-state index in [-0.39, 0.29) is 12.3 Å². The van der Waals surface area contributed by atoms with Gasteiger partial charge < -0.3 is 4.57 Å². The standard InChI is InChI=1S/C13H14N4O2S/c14-9-12-3-1-2-4-13(12)10-20(18,19)16-6-8-17-7-5-15-11-17/h1-5,7,11,16H,6,8,10H2. The molecule has 0 saturated carbocycles. The zero-order valence-electron chi connectivity index (χ0n) is 10.7. The van der Waals surface area contributed by atoms with Gasteiger partial charge in [0.05, 0.1) is 23.7 Å². The van der Waals surface area contributed by atoms with Crippen molar-refractivity contribution in [1.82, 2.24) is 14.3 Å². The molecule has 2 rings (SSSR count). The van der Waals surface area contributed by atoms with Gasteiger partial charge in [-0.2, -0.15) is 5.26 Å². The van der Waals surface area contributed by atoms with Crippen molar-refractivity contribution in [3.63, 3.8) is 0 Å². The summed E-state index contributed by atoms with van der Waals surface area (Å²) < 4.78 is 28.2. The van der Waals surface area contributed by atoms with E-state index < -0.39 is 10.0 Å². The third kappa shape index (κ3) is 3.91. The molecule has 1 N–H and O–H groups in total. The van der Waals surface area contributed by atoms with Crippen LogP contribution in [0.15, 0.2) is 43.0 Å². The molecule has 0 atom stereocenters. The van der Waals surface area contributed by atoms with Gasteiger partial charge in [-0.3, -0.25) is 0 Å². The van der Waals surface area contributed by atoms with Crippen molar-refractivity contribution in [2.24, 2.45) is 0 Å². The molecule has 0 bridgehead atoms. The Hall–Kier alpha value is -2.17. The van der Waals surface area contributed by atoms with Crippen LogP contribution in [0.25, 0.3) is 0 Å². The normalized spacial score (nSPS) is 11.2. The molecule has 20 heavy (non-hydrogen) atoms. The summed E-state index contributed by atoms with van der Waals surface area (Å²) in [5, 5.41) is 8.94. The van der Waals surface area contributed by atoms with E-state index in [0.717, 1.165) is 0 Å². The molecule has 0 radical (unpaired) electrons. The molecule has 0 spiro atoms. The molecule has 0 amide bonds. The van der Waals surface area contributed by atoms with Crippen molar-refractivity contribution < 1.29 is 8.42 Å².